The lowest BCUT2D eigenvalue weighted by Crippen LogP contribution is -2.15. The van der Waals surface area contributed by atoms with Crippen LogP contribution >= 0.6 is 11.6 Å². The number of amides is 1. The number of nitrogens with two attached hydrogens (primary N) is 1. The fourth-order valence-electron chi connectivity index (χ4n) is 1.74. The number of aryl methyl sites for hydroxylation is 1. The highest BCUT2D eigenvalue weighted by atomic mass is 35.5. The van der Waals surface area contributed by atoms with E-state index in [0.29, 0.717) is 29.2 Å². The first kappa shape index (κ1) is 15.1. The summed E-state index contributed by atoms with van der Waals surface area (Å²) in [6.45, 7) is 0.776. The van der Waals surface area contributed by atoms with Crippen LogP contribution in [0.5, 0.6) is 0 Å². The second-order valence-corrected chi connectivity index (χ2v) is 4.70. The van der Waals surface area contributed by atoms with Gasteiger partial charge in [0.15, 0.2) is 0 Å². The van der Waals surface area contributed by atoms with Crippen LogP contribution in [0.1, 0.15) is 12.0 Å². The first-order valence-electron chi connectivity index (χ1n) is 6.45. The molecule has 1 aromatic heterocycles. The minimum atomic E-state index is -0.122. The lowest BCUT2D eigenvalue weighted by atomic mass is 10.1. The molecule has 1 amide bonds. The smallest absolute Gasteiger partial charge is 0.226 e. The first-order valence-corrected chi connectivity index (χ1v) is 6.82. The van der Waals surface area contributed by atoms with Crippen LogP contribution in [0.2, 0.25) is 5.02 Å². The van der Waals surface area contributed by atoms with Gasteiger partial charge in [0.2, 0.25) is 5.91 Å². The van der Waals surface area contributed by atoms with Crippen LogP contribution in [0.3, 0.4) is 0 Å². The molecule has 0 unspecified atom stereocenters. The lowest BCUT2D eigenvalue weighted by Gasteiger charge is -2.08. The van der Waals surface area contributed by atoms with Crippen molar-refractivity contribution in [3.63, 3.8) is 0 Å². The van der Waals surface area contributed by atoms with Gasteiger partial charge in [-0.3, -0.25) is 9.48 Å². The number of carbonyl (C=O) groups is 1. The third kappa shape index (κ3) is 4.63. The minimum absolute atomic E-state index is 0.122. The quantitative estimate of drug-likeness (QED) is 0.847. The number of nitrogens with zero attached hydrogens (tertiary/aromatic N) is 2. The molecule has 2 aromatic rings. The molecule has 6 heteroatoms. The summed E-state index contributed by atoms with van der Waals surface area (Å²) in [5, 5.41) is 7.40. The van der Waals surface area contributed by atoms with Gasteiger partial charge in [-0.2, -0.15) is 5.10 Å². The van der Waals surface area contributed by atoms with Crippen molar-refractivity contribution in [2.24, 2.45) is 5.73 Å². The predicted molar refractivity (Wildman–Crippen MR) is 82.9 cm³/mol. The molecule has 108 valence electrons. The highest BCUT2D eigenvalue weighted by molar-refractivity contribution is 6.31. The summed E-state index contributed by atoms with van der Waals surface area (Å²) in [6.07, 6.45) is 3.80. The van der Waals surface area contributed by atoms with E-state index >= 15 is 0 Å². The Morgan fingerprint density at radius 1 is 1.48 bits per heavy atom. The van der Waals surface area contributed by atoms with Crippen LogP contribution in [0.4, 0.5) is 5.69 Å². The zero-order valence-electron chi connectivity index (χ0n) is 11.3. The number of anilines is 1. The van der Waals surface area contributed by atoms with Gasteiger partial charge in [-0.25, -0.2) is 0 Å². The standard InChI is InChI=1S/C15H15ClN4O/c16-13-5-4-12(3-1-7-17)14(11-13)19-15(21)6-10-20-9-2-8-18-20/h2,4-5,8-9,11H,6-7,10,17H2,(H,19,21). The van der Waals surface area contributed by atoms with Crippen molar-refractivity contribution in [1.82, 2.24) is 9.78 Å². The summed E-state index contributed by atoms with van der Waals surface area (Å²) in [5.41, 5.74) is 6.65. The van der Waals surface area contributed by atoms with Gasteiger partial charge in [0, 0.05) is 35.9 Å². The van der Waals surface area contributed by atoms with Crippen LogP contribution in [-0.4, -0.2) is 22.2 Å². The highest BCUT2D eigenvalue weighted by Gasteiger charge is 2.07. The number of rotatable bonds is 4. The van der Waals surface area contributed by atoms with Gasteiger partial charge in [0.05, 0.1) is 12.2 Å². The Kier molecular flexibility index (Phi) is 5.38. The fraction of sp³-hybridized carbons (Fsp3) is 0.200. The van der Waals surface area contributed by atoms with Gasteiger partial charge in [-0.15, -0.1) is 0 Å². The maximum absolute atomic E-state index is 12.0. The molecule has 3 N–H and O–H groups in total. The third-order valence-electron chi connectivity index (χ3n) is 2.71. The van der Waals surface area contributed by atoms with Crippen LogP contribution in [0.25, 0.3) is 0 Å². The Morgan fingerprint density at radius 2 is 2.33 bits per heavy atom. The molecular weight excluding hydrogens is 288 g/mol. The van der Waals surface area contributed by atoms with E-state index in [1.54, 1.807) is 29.1 Å². The number of carbonyl (C=O) groups excluding carboxylic acids is 1. The second-order valence-electron chi connectivity index (χ2n) is 4.26. The van der Waals surface area contributed by atoms with Crippen molar-refractivity contribution in [2.75, 3.05) is 11.9 Å². The molecule has 0 spiro atoms. The second kappa shape index (κ2) is 7.48. The molecule has 2 rings (SSSR count). The molecule has 1 heterocycles. The monoisotopic (exact) mass is 302 g/mol. The van der Waals surface area contributed by atoms with E-state index in [9.17, 15) is 4.79 Å². The van der Waals surface area contributed by atoms with Crippen molar-refractivity contribution in [3.8, 4) is 11.8 Å². The number of nitrogens with one attached hydrogen (secondary N) is 1. The molecule has 0 radical (unpaired) electrons. The first-order chi connectivity index (χ1) is 10.2. The van der Waals surface area contributed by atoms with Gasteiger partial charge >= 0.3 is 0 Å². The van der Waals surface area contributed by atoms with E-state index in [4.69, 9.17) is 17.3 Å². The lowest BCUT2D eigenvalue weighted by molar-refractivity contribution is -0.116. The molecule has 0 aliphatic heterocycles. The molecule has 0 bridgehead atoms. The normalized spacial score (nSPS) is 9.81. The topological polar surface area (TPSA) is 72.9 Å². The molecule has 0 aliphatic rings. The molecular formula is C15H15ClN4O. The van der Waals surface area contributed by atoms with E-state index in [1.165, 1.54) is 0 Å². The van der Waals surface area contributed by atoms with Gasteiger partial charge in [0.1, 0.15) is 0 Å². The molecule has 21 heavy (non-hydrogen) atoms. The molecule has 0 saturated carbocycles. The van der Waals surface area contributed by atoms with E-state index in [-0.39, 0.29) is 12.5 Å². The number of hydrogen-bond donors (Lipinski definition) is 2. The summed E-state index contributed by atoms with van der Waals surface area (Å²) in [4.78, 5) is 12.0. The van der Waals surface area contributed by atoms with Crippen molar-refractivity contribution in [1.29, 1.82) is 0 Å². The average Bonchev–Trinajstić information content (AvgIpc) is 2.98. The summed E-state index contributed by atoms with van der Waals surface area (Å²) in [7, 11) is 0. The van der Waals surface area contributed by atoms with E-state index < -0.39 is 0 Å². The van der Waals surface area contributed by atoms with Crippen molar-refractivity contribution in [2.45, 2.75) is 13.0 Å². The maximum Gasteiger partial charge on any atom is 0.226 e. The Bertz CT molecular complexity index is 671. The van der Waals surface area contributed by atoms with Crippen LogP contribution < -0.4 is 11.1 Å². The van der Waals surface area contributed by atoms with Gasteiger partial charge in [-0.05, 0) is 24.3 Å². The zero-order chi connectivity index (χ0) is 15.1. The van der Waals surface area contributed by atoms with Gasteiger partial charge in [-0.1, -0.05) is 23.4 Å². The van der Waals surface area contributed by atoms with Crippen LogP contribution in [-0.2, 0) is 11.3 Å². The number of aromatic nitrogens is 2. The Labute approximate surface area is 128 Å². The largest absolute Gasteiger partial charge is 0.325 e. The van der Waals surface area contributed by atoms with E-state index in [2.05, 4.69) is 22.3 Å². The van der Waals surface area contributed by atoms with Crippen LogP contribution in [0, 0.1) is 11.8 Å². The minimum Gasteiger partial charge on any atom is -0.325 e. The average molecular weight is 303 g/mol. The molecule has 1 aromatic carbocycles. The molecule has 0 atom stereocenters. The molecule has 0 fully saturated rings. The maximum atomic E-state index is 12.0. The van der Waals surface area contributed by atoms with E-state index in [1.807, 2.05) is 12.3 Å². The van der Waals surface area contributed by atoms with Crippen LogP contribution in [0.15, 0.2) is 36.7 Å². The Hall–Kier alpha value is -2.29. The summed E-state index contributed by atoms with van der Waals surface area (Å²) < 4.78 is 1.70. The molecule has 0 saturated heterocycles. The van der Waals surface area contributed by atoms with Crippen molar-refractivity contribution < 1.29 is 4.79 Å². The van der Waals surface area contributed by atoms with E-state index in [0.717, 1.165) is 0 Å². The number of benzene rings is 1. The predicted octanol–water partition coefficient (Wildman–Crippen LogP) is 1.88. The van der Waals surface area contributed by atoms with Crippen molar-refractivity contribution in [3.05, 3.63) is 47.2 Å². The Morgan fingerprint density at radius 3 is 3.05 bits per heavy atom. The molecule has 0 aliphatic carbocycles. The zero-order valence-corrected chi connectivity index (χ0v) is 12.1. The van der Waals surface area contributed by atoms with Gasteiger partial charge in [0.25, 0.3) is 0 Å². The SMILES string of the molecule is NCC#Cc1ccc(Cl)cc1NC(=O)CCn1cccn1. The van der Waals surface area contributed by atoms with Gasteiger partial charge < -0.3 is 11.1 Å². The summed E-state index contributed by atoms with van der Waals surface area (Å²) in [6, 6.07) is 6.97. The summed E-state index contributed by atoms with van der Waals surface area (Å²) in [5.74, 6) is 5.55. The third-order valence-corrected chi connectivity index (χ3v) is 2.94. The Balaban J connectivity index is 2.03. The number of halogens is 1. The molecule has 5 nitrogen and oxygen atoms in total. The highest BCUT2D eigenvalue weighted by Crippen LogP contribution is 2.20. The number of hydrogen-bond acceptors (Lipinski definition) is 3. The summed E-state index contributed by atoms with van der Waals surface area (Å²) >= 11 is 5.95. The fourth-order valence-corrected chi connectivity index (χ4v) is 1.91. The van der Waals surface area contributed by atoms with Crippen molar-refractivity contribution >= 4 is 23.2 Å².